The zero-order valence-corrected chi connectivity index (χ0v) is 11.3. The molecule has 0 amide bonds. The van der Waals surface area contributed by atoms with Gasteiger partial charge < -0.3 is 5.32 Å². The Morgan fingerprint density at radius 1 is 1.26 bits per heavy atom. The average molecular weight is 270 g/mol. The molecule has 1 unspecified atom stereocenters. The van der Waals surface area contributed by atoms with Gasteiger partial charge in [-0.25, -0.2) is 9.67 Å². The molecule has 0 bridgehead atoms. The molecule has 0 fully saturated rings. The van der Waals surface area contributed by atoms with Gasteiger partial charge in [-0.05, 0) is 41.4 Å². The summed E-state index contributed by atoms with van der Waals surface area (Å²) in [5.41, 5.74) is 3.34. The fourth-order valence-corrected chi connectivity index (χ4v) is 2.72. The molecule has 3 rings (SSSR count). The molecule has 2 heterocycles. The van der Waals surface area contributed by atoms with E-state index in [0.29, 0.717) is 0 Å². The lowest BCUT2D eigenvalue weighted by Gasteiger charge is -2.17. The van der Waals surface area contributed by atoms with Gasteiger partial charge in [0.05, 0.1) is 11.4 Å². The summed E-state index contributed by atoms with van der Waals surface area (Å²) in [6, 6.07) is 10.5. The highest BCUT2D eigenvalue weighted by Gasteiger charge is 2.09. The van der Waals surface area contributed by atoms with Crippen LogP contribution in [0, 0.1) is 0 Å². The quantitative estimate of drug-likeness (QED) is 0.789. The van der Waals surface area contributed by atoms with Crippen LogP contribution in [0.1, 0.15) is 18.5 Å². The van der Waals surface area contributed by atoms with Crippen LogP contribution in [0.25, 0.3) is 5.69 Å². The van der Waals surface area contributed by atoms with E-state index in [4.69, 9.17) is 0 Å². The van der Waals surface area contributed by atoms with Crippen LogP contribution in [0.4, 0.5) is 5.69 Å². The normalized spacial score (nSPS) is 12.3. The van der Waals surface area contributed by atoms with Gasteiger partial charge in [0, 0.05) is 6.04 Å². The molecule has 96 valence electrons. The smallest absolute Gasteiger partial charge is 0.138 e. The van der Waals surface area contributed by atoms with Crippen molar-refractivity contribution < 1.29 is 0 Å². The highest BCUT2D eigenvalue weighted by Crippen LogP contribution is 2.25. The summed E-state index contributed by atoms with van der Waals surface area (Å²) < 4.78 is 1.77. The topological polar surface area (TPSA) is 42.7 Å². The molecule has 0 aliphatic heterocycles. The van der Waals surface area contributed by atoms with Crippen LogP contribution in [0.2, 0.25) is 0 Å². The lowest BCUT2D eigenvalue weighted by Crippen LogP contribution is -2.08. The minimum Gasteiger partial charge on any atom is -0.377 e. The molecule has 2 aromatic heterocycles. The van der Waals surface area contributed by atoms with Gasteiger partial charge in [-0.2, -0.15) is 16.4 Å². The Labute approximate surface area is 115 Å². The molecular weight excluding hydrogens is 256 g/mol. The highest BCUT2D eigenvalue weighted by molar-refractivity contribution is 7.07. The summed E-state index contributed by atoms with van der Waals surface area (Å²) in [6.07, 6.45) is 3.24. The molecule has 0 aliphatic carbocycles. The summed E-state index contributed by atoms with van der Waals surface area (Å²) in [5.74, 6) is 0. The predicted molar refractivity (Wildman–Crippen MR) is 77.7 cm³/mol. The molecule has 4 nitrogen and oxygen atoms in total. The minimum absolute atomic E-state index is 0.260. The zero-order valence-electron chi connectivity index (χ0n) is 10.5. The molecule has 1 aromatic carbocycles. The summed E-state index contributed by atoms with van der Waals surface area (Å²) in [5, 5.41) is 12.0. The number of thiophene rings is 1. The van der Waals surface area contributed by atoms with E-state index in [9.17, 15) is 0 Å². The Morgan fingerprint density at radius 3 is 2.89 bits per heavy atom. The molecular formula is C14H14N4S. The number of hydrogen-bond donors (Lipinski definition) is 1. The Balaban J connectivity index is 1.89. The second kappa shape index (κ2) is 5.24. The maximum atomic E-state index is 4.18. The van der Waals surface area contributed by atoms with Gasteiger partial charge in [-0.15, -0.1) is 0 Å². The lowest BCUT2D eigenvalue weighted by molar-refractivity contribution is 0.855. The molecule has 0 radical (unpaired) electrons. The van der Waals surface area contributed by atoms with Crippen molar-refractivity contribution in [2.45, 2.75) is 13.0 Å². The molecule has 0 spiro atoms. The Hall–Kier alpha value is -2.14. The predicted octanol–water partition coefficient (Wildman–Crippen LogP) is 3.50. The maximum absolute atomic E-state index is 4.18. The van der Waals surface area contributed by atoms with Crippen molar-refractivity contribution in [3.63, 3.8) is 0 Å². The van der Waals surface area contributed by atoms with Crippen LogP contribution in [-0.2, 0) is 0 Å². The van der Waals surface area contributed by atoms with Crippen molar-refractivity contribution in [2.24, 2.45) is 0 Å². The molecule has 3 aromatic rings. The van der Waals surface area contributed by atoms with Gasteiger partial charge in [0.1, 0.15) is 12.7 Å². The Kier molecular flexibility index (Phi) is 3.29. The van der Waals surface area contributed by atoms with Gasteiger partial charge in [-0.3, -0.25) is 0 Å². The molecule has 0 saturated carbocycles. The first-order valence-corrected chi connectivity index (χ1v) is 7.01. The summed E-state index contributed by atoms with van der Waals surface area (Å²) in [4.78, 5) is 3.99. The van der Waals surface area contributed by atoms with Crippen LogP contribution in [0.5, 0.6) is 0 Å². The second-order valence-electron chi connectivity index (χ2n) is 4.28. The summed E-state index contributed by atoms with van der Waals surface area (Å²) in [6.45, 7) is 2.15. The van der Waals surface area contributed by atoms with Crippen molar-refractivity contribution in [3.05, 3.63) is 59.3 Å². The fourth-order valence-electron chi connectivity index (χ4n) is 1.97. The van der Waals surface area contributed by atoms with Crippen LogP contribution in [0.15, 0.2) is 53.7 Å². The fraction of sp³-hybridized carbons (Fsp3) is 0.143. The molecule has 0 saturated heterocycles. The Morgan fingerprint density at radius 2 is 2.16 bits per heavy atom. The average Bonchev–Trinajstić information content (AvgIpc) is 3.13. The van der Waals surface area contributed by atoms with E-state index in [0.717, 1.165) is 11.4 Å². The van der Waals surface area contributed by atoms with E-state index in [1.807, 2.05) is 18.2 Å². The van der Waals surface area contributed by atoms with E-state index in [1.165, 1.54) is 5.56 Å². The number of rotatable bonds is 4. The van der Waals surface area contributed by atoms with Crippen LogP contribution >= 0.6 is 11.3 Å². The maximum Gasteiger partial charge on any atom is 0.138 e. The summed E-state index contributed by atoms with van der Waals surface area (Å²) >= 11 is 1.71. The third kappa shape index (κ3) is 2.51. The minimum atomic E-state index is 0.260. The number of anilines is 1. The Bertz CT molecular complexity index is 631. The van der Waals surface area contributed by atoms with Gasteiger partial charge in [-0.1, -0.05) is 12.1 Å². The first-order valence-electron chi connectivity index (χ1n) is 6.07. The van der Waals surface area contributed by atoms with Crippen molar-refractivity contribution in [1.82, 2.24) is 14.8 Å². The van der Waals surface area contributed by atoms with E-state index < -0.39 is 0 Å². The van der Waals surface area contributed by atoms with Crippen LogP contribution < -0.4 is 5.32 Å². The van der Waals surface area contributed by atoms with Crippen molar-refractivity contribution in [2.75, 3.05) is 5.32 Å². The zero-order chi connectivity index (χ0) is 13.1. The van der Waals surface area contributed by atoms with E-state index in [2.05, 4.69) is 45.2 Å². The standard InChI is InChI=1S/C14H14N4S/c1-11(12-6-7-19-8-12)17-13-4-2-3-5-14(13)18-10-15-9-16-18/h2-11,17H,1H3. The molecule has 1 atom stereocenters. The molecule has 1 N–H and O–H groups in total. The summed E-state index contributed by atoms with van der Waals surface area (Å²) in [7, 11) is 0. The lowest BCUT2D eigenvalue weighted by atomic mass is 10.1. The third-order valence-electron chi connectivity index (χ3n) is 2.98. The number of benzene rings is 1. The number of para-hydroxylation sites is 2. The van der Waals surface area contributed by atoms with Crippen LogP contribution in [-0.4, -0.2) is 14.8 Å². The van der Waals surface area contributed by atoms with Gasteiger partial charge in [0.25, 0.3) is 0 Å². The van der Waals surface area contributed by atoms with Gasteiger partial charge in [0.2, 0.25) is 0 Å². The van der Waals surface area contributed by atoms with E-state index in [1.54, 1.807) is 28.7 Å². The largest absolute Gasteiger partial charge is 0.377 e. The molecule has 0 aliphatic rings. The first kappa shape index (κ1) is 11.9. The molecule has 5 heteroatoms. The first-order chi connectivity index (χ1) is 9.34. The number of nitrogens with zero attached hydrogens (tertiary/aromatic N) is 3. The number of nitrogens with one attached hydrogen (secondary N) is 1. The van der Waals surface area contributed by atoms with E-state index >= 15 is 0 Å². The molecule has 19 heavy (non-hydrogen) atoms. The monoisotopic (exact) mass is 270 g/mol. The van der Waals surface area contributed by atoms with Crippen molar-refractivity contribution in [3.8, 4) is 5.69 Å². The van der Waals surface area contributed by atoms with Gasteiger partial charge >= 0.3 is 0 Å². The SMILES string of the molecule is CC(Nc1ccccc1-n1cncn1)c1ccsc1. The van der Waals surface area contributed by atoms with Crippen LogP contribution in [0.3, 0.4) is 0 Å². The second-order valence-corrected chi connectivity index (χ2v) is 5.06. The highest BCUT2D eigenvalue weighted by atomic mass is 32.1. The van der Waals surface area contributed by atoms with E-state index in [-0.39, 0.29) is 6.04 Å². The van der Waals surface area contributed by atoms with Crippen molar-refractivity contribution >= 4 is 17.0 Å². The third-order valence-corrected chi connectivity index (χ3v) is 3.69. The number of hydrogen-bond acceptors (Lipinski definition) is 4. The number of aromatic nitrogens is 3. The van der Waals surface area contributed by atoms with Crippen molar-refractivity contribution in [1.29, 1.82) is 0 Å². The van der Waals surface area contributed by atoms with Gasteiger partial charge in [0.15, 0.2) is 0 Å².